The predicted octanol–water partition coefficient (Wildman–Crippen LogP) is 0.682. The van der Waals surface area contributed by atoms with Gasteiger partial charge in [0.05, 0.1) is 32.5 Å². The van der Waals surface area contributed by atoms with Gasteiger partial charge >= 0.3 is 5.97 Å². The van der Waals surface area contributed by atoms with Crippen molar-refractivity contribution in [3.8, 4) is 0 Å². The van der Waals surface area contributed by atoms with Gasteiger partial charge in [-0.2, -0.15) is 0 Å². The summed E-state index contributed by atoms with van der Waals surface area (Å²) in [5.74, 6) is -3.04. The standard InChI is InChI=1S/C33H51N3O13/c1-46-18-2-5-26(38)13-21-49-24-16-34-29(40)14-22-48-20-4-7-28(39)27(8-11-33(44)45)35-30(41)15-23-47-19-3-6-25(37)12-17-36-31(42)9-10-32(36)43/h9-10,27H,2-8,11-24H2,1H3,(H,34,40)(H,35,41)(H,44,45)/t27-/m0/s1. The summed E-state index contributed by atoms with van der Waals surface area (Å²) < 4.78 is 21.1. The third-order valence-electron chi connectivity index (χ3n) is 7.19. The number of amides is 4. The van der Waals surface area contributed by atoms with Crippen molar-refractivity contribution >= 4 is 46.9 Å². The summed E-state index contributed by atoms with van der Waals surface area (Å²) in [4.78, 5) is 95.7. The van der Waals surface area contributed by atoms with E-state index in [1.807, 2.05) is 0 Å². The first-order valence-corrected chi connectivity index (χ1v) is 16.6. The molecule has 0 bridgehead atoms. The van der Waals surface area contributed by atoms with E-state index in [0.717, 1.165) is 17.1 Å². The first-order valence-electron chi connectivity index (χ1n) is 16.6. The molecular formula is C33H51N3O13. The highest BCUT2D eigenvalue weighted by atomic mass is 16.5. The molecule has 16 heteroatoms. The SMILES string of the molecule is COCCCC(=O)CCOCCNC(=O)CCOCCCC(=O)[C@H](CCC(=O)O)NC(=O)CCOCCCC(=O)CCN1C(=O)C=CC1=O. The summed E-state index contributed by atoms with van der Waals surface area (Å²) in [6.07, 6.45) is 4.44. The Balaban J connectivity index is 2.14. The number of rotatable bonds is 32. The van der Waals surface area contributed by atoms with Gasteiger partial charge in [-0.3, -0.25) is 43.3 Å². The van der Waals surface area contributed by atoms with Gasteiger partial charge in [0.2, 0.25) is 11.8 Å². The van der Waals surface area contributed by atoms with Crippen molar-refractivity contribution in [2.45, 2.75) is 83.1 Å². The molecule has 276 valence electrons. The second-order valence-corrected chi connectivity index (χ2v) is 11.2. The average molecular weight is 698 g/mol. The van der Waals surface area contributed by atoms with Crippen LogP contribution in [0.1, 0.15) is 77.0 Å². The van der Waals surface area contributed by atoms with Gasteiger partial charge in [-0.1, -0.05) is 0 Å². The molecule has 0 aliphatic carbocycles. The molecule has 4 amide bonds. The van der Waals surface area contributed by atoms with E-state index in [-0.39, 0.29) is 108 Å². The maximum Gasteiger partial charge on any atom is 0.303 e. The molecule has 0 radical (unpaired) electrons. The monoisotopic (exact) mass is 697 g/mol. The highest BCUT2D eigenvalue weighted by Crippen LogP contribution is 2.07. The summed E-state index contributed by atoms with van der Waals surface area (Å²) in [5.41, 5.74) is 0. The van der Waals surface area contributed by atoms with E-state index < -0.39 is 29.7 Å². The van der Waals surface area contributed by atoms with Gasteiger partial charge in [-0.05, 0) is 25.7 Å². The Morgan fingerprint density at radius 2 is 1.22 bits per heavy atom. The Labute approximate surface area is 286 Å². The zero-order valence-corrected chi connectivity index (χ0v) is 28.4. The molecule has 49 heavy (non-hydrogen) atoms. The van der Waals surface area contributed by atoms with Gasteiger partial charge in [-0.15, -0.1) is 0 Å². The molecule has 0 aromatic heterocycles. The topological polar surface area (TPSA) is 221 Å². The second kappa shape index (κ2) is 27.0. The lowest BCUT2D eigenvalue weighted by Crippen LogP contribution is -2.41. The molecule has 1 rings (SSSR count). The fourth-order valence-corrected chi connectivity index (χ4v) is 4.47. The summed E-state index contributed by atoms with van der Waals surface area (Å²) in [6.45, 7) is 2.02. The number of ether oxygens (including phenoxy) is 4. The number of nitrogens with one attached hydrogen (secondary N) is 2. The lowest BCUT2D eigenvalue weighted by Gasteiger charge is -2.17. The van der Waals surface area contributed by atoms with Crippen LogP contribution in [-0.2, 0) is 57.3 Å². The first-order chi connectivity index (χ1) is 23.5. The minimum Gasteiger partial charge on any atom is -0.481 e. The molecule has 3 N–H and O–H groups in total. The number of Topliss-reactive ketones (excluding diaryl/α,β-unsaturated/α-hetero) is 3. The van der Waals surface area contributed by atoms with E-state index in [4.69, 9.17) is 24.1 Å². The number of imide groups is 1. The smallest absolute Gasteiger partial charge is 0.303 e. The average Bonchev–Trinajstić information content (AvgIpc) is 3.38. The number of hydrogen-bond donors (Lipinski definition) is 3. The van der Waals surface area contributed by atoms with E-state index in [0.29, 0.717) is 51.9 Å². The van der Waals surface area contributed by atoms with Crippen molar-refractivity contribution in [1.29, 1.82) is 0 Å². The predicted molar refractivity (Wildman–Crippen MR) is 173 cm³/mol. The van der Waals surface area contributed by atoms with Crippen molar-refractivity contribution in [3.63, 3.8) is 0 Å². The molecule has 0 saturated carbocycles. The number of carboxylic acid groups (broad SMARTS) is 1. The van der Waals surface area contributed by atoms with E-state index in [1.165, 1.54) is 0 Å². The zero-order valence-electron chi connectivity index (χ0n) is 28.4. The van der Waals surface area contributed by atoms with Gasteiger partial charge in [0.1, 0.15) is 11.6 Å². The van der Waals surface area contributed by atoms with Crippen molar-refractivity contribution in [1.82, 2.24) is 15.5 Å². The molecule has 1 heterocycles. The molecule has 1 atom stereocenters. The molecule has 0 saturated heterocycles. The third kappa shape index (κ3) is 22.4. The minimum atomic E-state index is -1.10. The lowest BCUT2D eigenvalue weighted by atomic mass is 10.0. The highest BCUT2D eigenvalue weighted by molar-refractivity contribution is 6.13. The quantitative estimate of drug-likeness (QED) is 0.0651. The summed E-state index contributed by atoms with van der Waals surface area (Å²) in [6, 6.07) is -0.979. The first kappa shape index (κ1) is 43.2. The fourth-order valence-electron chi connectivity index (χ4n) is 4.47. The van der Waals surface area contributed by atoms with Crippen LogP contribution >= 0.6 is 0 Å². The van der Waals surface area contributed by atoms with E-state index in [2.05, 4.69) is 10.6 Å². The minimum absolute atomic E-state index is 0.0264. The van der Waals surface area contributed by atoms with E-state index in [1.54, 1.807) is 7.11 Å². The molecule has 0 fully saturated rings. The van der Waals surface area contributed by atoms with Gasteiger partial charge in [0.15, 0.2) is 5.78 Å². The number of nitrogens with zero attached hydrogens (tertiary/aromatic N) is 1. The molecule has 1 aliphatic heterocycles. The van der Waals surface area contributed by atoms with E-state index >= 15 is 0 Å². The number of methoxy groups -OCH3 is 1. The van der Waals surface area contributed by atoms with Gasteiger partial charge in [0.25, 0.3) is 11.8 Å². The van der Waals surface area contributed by atoms with Gasteiger partial charge < -0.3 is 34.7 Å². The summed E-state index contributed by atoms with van der Waals surface area (Å²) >= 11 is 0. The van der Waals surface area contributed by atoms with Crippen LogP contribution in [0.15, 0.2) is 12.2 Å². The molecule has 0 spiro atoms. The second-order valence-electron chi connectivity index (χ2n) is 11.2. The molecule has 0 aromatic carbocycles. The van der Waals surface area contributed by atoms with Crippen molar-refractivity contribution in [3.05, 3.63) is 12.2 Å². The van der Waals surface area contributed by atoms with Crippen LogP contribution in [0, 0.1) is 0 Å². The van der Waals surface area contributed by atoms with Crippen LogP contribution in [0.25, 0.3) is 0 Å². The number of hydrogen-bond acceptors (Lipinski definition) is 12. The number of carboxylic acids is 1. The van der Waals surface area contributed by atoms with E-state index in [9.17, 15) is 38.4 Å². The van der Waals surface area contributed by atoms with Crippen molar-refractivity contribution in [2.75, 3.05) is 66.4 Å². The normalized spacial score (nSPS) is 13.0. The Morgan fingerprint density at radius 1 is 0.673 bits per heavy atom. The molecule has 16 nitrogen and oxygen atoms in total. The summed E-state index contributed by atoms with van der Waals surface area (Å²) in [7, 11) is 1.58. The van der Waals surface area contributed by atoms with Crippen LogP contribution in [0.4, 0.5) is 0 Å². The maximum absolute atomic E-state index is 12.7. The Kier molecular flexibility index (Phi) is 23.8. The van der Waals surface area contributed by atoms with Crippen LogP contribution < -0.4 is 10.6 Å². The lowest BCUT2D eigenvalue weighted by molar-refractivity contribution is -0.138. The number of carbonyl (C=O) groups excluding carboxylic acids is 7. The molecule has 1 aliphatic rings. The molecule has 0 unspecified atom stereocenters. The Hall–Kier alpha value is -3.86. The maximum atomic E-state index is 12.7. The van der Waals surface area contributed by atoms with Crippen LogP contribution in [0.5, 0.6) is 0 Å². The number of carbonyl (C=O) groups is 8. The largest absolute Gasteiger partial charge is 0.481 e. The number of aliphatic carboxylic acids is 1. The fraction of sp³-hybridized carbons (Fsp3) is 0.697. The number of ketones is 3. The van der Waals surface area contributed by atoms with Crippen LogP contribution in [0.2, 0.25) is 0 Å². The zero-order chi connectivity index (χ0) is 36.3. The third-order valence-corrected chi connectivity index (χ3v) is 7.19. The Morgan fingerprint density at radius 3 is 1.86 bits per heavy atom. The van der Waals surface area contributed by atoms with Crippen molar-refractivity contribution in [2.24, 2.45) is 0 Å². The molecular weight excluding hydrogens is 646 g/mol. The summed E-state index contributed by atoms with van der Waals surface area (Å²) in [5, 5.41) is 14.3. The van der Waals surface area contributed by atoms with Crippen molar-refractivity contribution < 1.29 is 62.4 Å². The van der Waals surface area contributed by atoms with Gasteiger partial charge in [-0.25, -0.2) is 0 Å². The van der Waals surface area contributed by atoms with Crippen LogP contribution in [-0.4, -0.2) is 129 Å². The Bertz CT molecular complexity index is 1110. The molecule has 0 aromatic rings. The highest BCUT2D eigenvalue weighted by Gasteiger charge is 2.24. The van der Waals surface area contributed by atoms with Crippen LogP contribution in [0.3, 0.4) is 0 Å². The van der Waals surface area contributed by atoms with Gasteiger partial charge in [0, 0.05) is 104 Å².